The van der Waals surface area contributed by atoms with Crippen molar-refractivity contribution in [1.29, 1.82) is 0 Å². The number of carbonyl (C=O) groups excluding carboxylic acids is 1. The summed E-state index contributed by atoms with van der Waals surface area (Å²) in [6, 6.07) is 7.66. The highest BCUT2D eigenvalue weighted by Crippen LogP contribution is 2.27. The number of nitrogens with two attached hydrogens (primary N) is 1. The van der Waals surface area contributed by atoms with Crippen LogP contribution in [0, 0.1) is 6.92 Å². The van der Waals surface area contributed by atoms with Gasteiger partial charge in [0.2, 0.25) is 5.95 Å². The highest BCUT2D eigenvalue weighted by atomic mass is 16.5. The molecule has 1 fully saturated rings. The summed E-state index contributed by atoms with van der Waals surface area (Å²) < 4.78 is 5.81. The number of amides is 1. The lowest BCUT2D eigenvalue weighted by atomic mass is 10.0. The molecule has 1 saturated heterocycles. The molecule has 7 nitrogen and oxygen atoms in total. The summed E-state index contributed by atoms with van der Waals surface area (Å²) in [5, 5.41) is 1.58. The summed E-state index contributed by atoms with van der Waals surface area (Å²) in [7, 11) is 0. The normalized spacial score (nSPS) is 19.8. The average molecular weight is 337 g/mol. The zero-order valence-electron chi connectivity index (χ0n) is 14.0. The third-order valence-electron chi connectivity index (χ3n) is 4.47. The highest BCUT2D eigenvalue weighted by Gasteiger charge is 2.27. The van der Waals surface area contributed by atoms with Crippen molar-refractivity contribution in [2.75, 3.05) is 30.4 Å². The highest BCUT2D eigenvalue weighted by molar-refractivity contribution is 6.06. The fourth-order valence-corrected chi connectivity index (χ4v) is 3.42. The van der Waals surface area contributed by atoms with E-state index in [4.69, 9.17) is 10.5 Å². The second-order valence-corrected chi connectivity index (χ2v) is 6.24. The first kappa shape index (κ1) is 15.7. The number of benzene rings is 1. The van der Waals surface area contributed by atoms with E-state index in [1.165, 1.54) is 0 Å². The molecule has 4 rings (SSSR count). The van der Waals surface area contributed by atoms with Crippen molar-refractivity contribution in [3.8, 4) is 0 Å². The van der Waals surface area contributed by atoms with Gasteiger partial charge in [-0.3, -0.25) is 4.79 Å². The van der Waals surface area contributed by atoms with Gasteiger partial charge < -0.3 is 15.4 Å². The van der Waals surface area contributed by atoms with E-state index in [9.17, 15) is 4.79 Å². The predicted octanol–water partition coefficient (Wildman–Crippen LogP) is 0.276. The Morgan fingerprint density at radius 3 is 3.04 bits per heavy atom. The molecule has 3 heterocycles. The second kappa shape index (κ2) is 6.25. The number of nitrogens with zero attached hydrogens (tertiary/aromatic N) is 4. The molecule has 1 aromatic carbocycles. The molecule has 2 aliphatic rings. The van der Waals surface area contributed by atoms with Gasteiger partial charge in [0.15, 0.2) is 0 Å². The molecule has 0 saturated carbocycles. The van der Waals surface area contributed by atoms with Gasteiger partial charge in [0.25, 0.3) is 5.91 Å². The van der Waals surface area contributed by atoms with Crippen LogP contribution in [0.1, 0.15) is 23.7 Å². The fraction of sp³-hybridized carbons (Fsp3) is 0.333. The van der Waals surface area contributed by atoms with Crippen LogP contribution in [-0.4, -0.2) is 35.6 Å². The van der Waals surface area contributed by atoms with Gasteiger partial charge in [-0.25, -0.2) is 9.98 Å². The van der Waals surface area contributed by atoms with Crippen molar-refractivity contribution in [1.82, 2.24) is 9.97 Å². The van der Waals surface area contributed by atoms with Gasteiger partial charge in [-0.2, -0.15) is 4.98 Å². The quantitative estimate of drug-likeness (QED) is 0.846. The lowest BCUT2D eigenvalue weighted by Gasteiger charge is -2.31. The number of rotatable bonds is 2. The number of fused-ring (bicyclic) bond motifs is 1. The Morgan fingerprint density at radius 1 is 1.32 bits per heavy atom. The zero-order chi connectivity index (χ0) is 17.4. The number of hydrogen-bond acceptors (Lipinski definition) is 6. The van der Waals surface area contributed by atoms with Crippen LogP contribution in [0.2, 0.25) is 0 Å². The van der Waals surface area contributed by atoms with Crippen LogP contribution in [0.3, 0.4) is 0 Å². The minimum atomic E-state index is -0.217. The summed E-state index contributed by atoms with van der Waals surface area (Å²) in [6.45, 7) is 3.89. The van der Waals surface area contributed by atoms with Crippen molar-refractivity contribution in [2.45, 2.75) is 19.4 Å². The van der Waals surface area contributed by atoms with E-state index in [2.05, 4.69) is 19.9 Å². The average Bonchev–Trinajstić information content (AvgIpc) is 2.79. The van der Waals surface area contributed by atoms with Gasteiger partial charge >= 0.3 is 0 Å². The minimum Gasteiger partial charge on any atom is -0.379 e. The van der Waals surface area contributed by atoms with Crippen molar-refractivity contribution in [3.05, 3.63) is 46.1 Å². The van der Waals surface area contributed by atoms with Gasteiger partial charge in [-0.1, -0.05) is 12.1 Å². The van der Waals surface area contributed by atoms with Gasteiger partial charge in [-0.05, 0) is 25.0 Å². The van der Waals surface area contributed by atoms with Gasteiger partial charge in [0.1, 0.15) is 5.82 Å². The summed E-state index contributed by atoms with van der Waals surface area (Å²) >= 11 is 0. The van der Waals surface area contributed by atoms with Crippen molar-refractivity contribution in [3.63, 3.8) is 0 Å². The first-order valence-electron chi connectivity index (χ1n) is 8.31. The molecular weight excluding hydrogens is 318 g/mol. The maximum absolute atomic E-state index is 11.7. The molecule has 1 atom stereocenters. The number of hydrogen-bond donors (Lipinski definition) is 1. The Morgan fingerprint density at radius 2 is 2.20 bits per heavy atom. The Labute approximate surface area is 144 Å². The van der Waals surface area contributed by atoms with E-state index in [1.54, 1.807) is 6.08 Å². The molecule has 7 heteroatoms. The number of carbonyl (C=O) groups is 1. The Balaban J connectivity index is 1.84. The van der Waals surface area contributed by atoms with Crippen molar-refractivity contribution in [2.24, 2.45) is 4.99 Å². The van der Waals surface area contributed by atoms with E-state index in [0.717, 1.165) is 35.3 Å². The molecule has 2 aromatic rings. The largest absolute Gasteiger partial charge is 0.379 e. The molecule has 2 aliphatic heterocycles. The predicted molar refractivity (Wildman–Crippen MR) is 93.4 cm³/mol. The van der Waals surface area contributed by atoms with E-state index in [1.807, 2.05) is 31.2 Å². The Kier molecular flexibility index (Phi) is 3.93. The maximum Gasteiger partial charge on any atom is 0.270 e. The van der Waals surface area contributed by atoms with Crippen LogP contribution in [0.15, 0.2) is 29.3 Å². The third-order valence-corrected chi connectivity index (χ3v) is 4.47. The van der Waals surface area contributed by atoms with E-state index in [-0.39, 0.29) is 17.9 Å². The SMILES string of the molecule is Cc1cc(N2CCCOC[C@H]2c2cccc3c2=CC(=O)N=3)nc(N)n1. The summed E-state index contributed by atoms with van der Waals surface area (Å²) in [6.07, 6.45) is 2.48. The summed E-state index contributed by atoms with van der Waals surface area (Å²) in [5.74, 6) is 0.818. The fourth-order valence-electron chi connectivity index (χ4n) is 3.42. The number of aromatic nitrogens is 2. The van der Waals surface area contributed by atoms with Gasteiger partial charge in [0, 0.05) is 36.2 Å². The molecule has 0 aliphatic carbocycles. The molecule has 2 N–H and O–H groups in total. The minimum absolute atomic E-state index is 0.0662. The molecule has 0 bridgehead atoms. The van der Waals surface area contributed by atoms with Crippen LogP contribution in [0.5, 0.6) is 0 Å². The molecule has 0 spiro atoms. The van der Waals surface area contributed by atoms with Crippen LogP contribution >= 0.6 is 0 Å². The monoisotopic (exact) mass is 337 g/mol. The maximum atomic E-state index is 11.7. The Bertz CT molecular complexity index is 936. The zero-order valence-corrected chi connectivity index (χ0v) is 14.0. The Hall–Kier alpha value is -2.80. The molecule has 0 radical (unpaired) electrons. The smallest absolute Gasteiger partial charge is 0.270 e. The molecule has 0 unspecified atom stereocenters. The first-order valence-corrected chi connectivity index (χ1v) is 8.31. The molecule has 25 heavy (non-hydrogen) atoms. The van der Waals surface area contributed by atoms with Crippen molar-refractivity contribution < 1.29 is 9.53 Å². The molecule has 128 valence electrons. The summed E-state index contributed by atoms with van der Waals surface area (Å²) in [4.78, 5) is 26.6. The number of aryl methyl sites for hydroxylation is 1. The second-order valence-electron chi connectivity index (χ2n) is 6.24. The van der Waals surface area contributed by atoms with Gasteiger partial charge in [0.05, 0.1) is 18.0 Å². The molecular formula is C18H19N5O2. The first-order chi connectivity index (χ1) is 12.1. The molecule has 1 amide bonds. The van der Waals surface area contributed by atoms with E-state index < -0.39 is 0 Å². The van der Waals surface area contributed by atoms with Crippen LogP contribution in [-0.2, 0) is 9.53 Å². The number of anilines is 2. The van der Waals surface area contributed by atoms with E-state index in [0.29, 0.717) is 18.6 Å². The van der Waals surface area contributed by atoms with Crippen LogP contribution in [0.4, 0.5) is 11.8 Å². The number of nitrogen functional groups attached to an aromatic ring is 1. The lowest BCUT2D eigenvalue weighted by molar-refractivity contribution is -0.112. The standard InChI is InChI=1S/C18H19N5O2/c1-11-8-16(22-18(19)20-11)23-6-3-7-25-10-15(23)12-4-2-5-14-13(12)9-17(24)21-14/h2,4-5,8-9,15H,3,6-7,10H2,1H3,(H2,19,20,22)/t15-/m0/s1. The van der Waals surface area contributed by atoms with Crippen LogP contribution in [0.25, 0.3) is 6.08 Å². The van der Waals surface area contributed by atoms with Crippen molar-refractivity contribution >= 4 is 23.7 Å². The van der Waals surface area contributed by atoms with Gasteiger partial charge in [-0.15, -0.1) is 0 Å². The molecule has 1 aromatic heterocycles. The van der Waals surface area contributed by atoms with E-state index >= 15 is 0 Å². The van der Waals surface area contributed by atoms with Crippen LogP contribution < -0.4 is 21.2 Å². The third kappa shape index (κ3) is 2.98. The number of ether oxygens (including phenoxy) is 1. The summed E-state index contributed by atoms with van der Waals surface area (Å²) in [5.41, 5.74) is 7.69. The topological polar surface area (TPSA) is 93.7 Å². The lowest BCUT2D eigenvalue weighted by Crippen LogP contribution is -2.37.